The lowest BCUT2D eigenvalue weighted by molar-refractivity contribution is -0.133. The fourth-order valence-electron chi connectivity index (χ4n) is 4.77. The van der Waals surface area contributed by atoms with E-state index in [2.05, 4.69) is 6.92 Å². The molecule has 0 N–H and O–H groups in total. The molecule has 1 atom stereocenters. The van der Waals surface area contributed by atoms with Crippen LogP contribution in [0.4, 0.5) is 0 Å². The lowest BCUT2D eigenvalue weighted by atomic mass is 9.81. The molecular weight excluding hydrogens is 404 g/mol. The van der Waals surface area contributed by atoms with Gasteiger partial charge in [-0.2, -0.15) is 0 Å². The summed E-state index contributed by atoms with van der Waals surface area (Å²) in [7, 11) is 0. The highest BCUT2D eigenvalue weighted by Crippen LogP contribution is 2.38. The lowest BCUT2D eigenvalue weighted by Gasteiger charge is -2.26. The zero-order valence-electron chi connectivity index (χ0n) is 18.2. The van der Waals surface area contributed by atoms with E-state index in [1.54, 1.807) is 11.2 Å². The van der Waals surface area contributed by atoms with Crippen LogP contribution in [0.15, 0.2) is 47.1 Å². The van der Waals surface area contributed by atoms with Crippen LogP contribution in [0, 0.1) is 5.92 Å². The van der Waals surface area contributed by atoms with Crippen molar-refractivity contribution in [2.75, 3.05) is 19.7 Å². The summed E-state index contributed by atoms with van der Waals surface area (Å²) in [5, 5.41) is 0.760. The van der Waals surface area contributed by atoms with Gasteiger partial charge in [0.2, 0.25) is 0 Å². The number of pyridine rings is 1. The van der Waals surface area contributed by atoms with Gasteiger partial charge in [0.05, 0.1) is 23.0 Å². The molecule has 3 aromatic rings. The summed E-state index contributed by atoms with van der Waals surface area (Å²) >= 11 is 0. The minimum Gasteiger partial charge on any atom is -0.465 e. The Morgan fingerprint density at radius 3 is 2.75 bits per heavy atom. The van der Waals surface area contributed by atoms with Crippen LogP contribution in [-0.4, -0.2) is 41.5 Å². The number of likely N-dealkylation sites (tertiary alicyclic amines) is 1. The number of benzene rings is 1. The fraction of sp³-hybridized carbons (Fsp3) is 0.346. The van der Waals surface area contributed by atoms with Gasteiger partial charge in [0, 0.05) is 18.5 Å². The van der Waals surface area contributed by atoms with E-state index in [9.17, 15) is 9.59 Å². The van der Waals surface area contributed by atoms with Crippen LogP contribution < -0.4 is 0 Å². The van der Waals surface area contributed by atoms with Crippen LogP contribution in [-0.2, 0) is 16.0 Å². The summed E-state index contributed by atoms with van der Waals surface area (Å²) in [6.07, 6.45) is 7.24. The molecule has 32 heavy (non-hydrogen) atoms. The topological polar surface area (TPSA) is 72.6 Å². The van der Waals surface area contributed by atoms with Crippen LogP contribution in [0.5, 0.6) is 0 Å². The fourth-order valence-corrected chi connectivity index (χ4v) is 4.77. The number of hydrogen-bond acceptors (Lipinski definition) is 5. The zero-order valence-corrected chi connectivity index (χ0v) is 18.2. The molecule has 1 aliphatic carbocycles. The summed E-state index contributed by atoms with van der Waals surface area (Å²) in [6, 6.07) is 11.4. The molecule has 1 aromatic carbocycles. The molecule has 5 rings (SSSR count). The number of esters is 1. The summed E-state index contributed by atoms with van der Waals surface area (Å²) in [4.78, 5) is 32.4. The van der Waals surface area contributed by atoms with E-state index in [1.165, 1.54) is 0 Å². The number of carbonyl (C=O) groups is 2. The molecule has 1 amide bonds. The van der Waals surface area contributed by atoms with Crippen LogP contribution in [0.2, 0.25) is 0 Å². The maximum Gasteiger partial charge on any atom is 0.339 e. The number of aromatic nitrogens is 1. The highest BCUT2D eigenvalue weighted by atomic mass is 16.5. The average molecular weight is 431 g/mol. The minimum atomic E-state index is -0.459. The van der Waals surface area contributed by atoms with Gasteiger partial charge < -0.3 is 14.1 Å². The third-order valence-corrected chi connectivity index (χ3v) is 6.27. The lowest BCUT2D eigenvalue weighted by Crippen LogP contribution is -2.32. The molecule has 0 bridgehead atoms. The Bertz CT molecular complexity index is 1190. The molecule has 2 aromatic heterocycles. The quantitative estimate of drug-likeness (QED) is 0.560. The number of furan rings is 1. The van der Waals surface area contributed by atoms with E-state index in [1.807, 2.05) is 42.5 Å². The second kappa shape index (κ2) is 8.61. The van der Waals surface area contributed by atoms with Gasteiger partial charge >= 0.3 is 5.97 Å². The molecule has 164 valence electrons. The number of allylic oxidation sites excluding steroid dienone is 1. The van der Waals surface area contributed by atoms with Crippen molar-refractivity contribution in [2.24, 2.45) is 5.92 Å². The highest BCUT2D eigenvalue weighted by Gasteiger charge is 2.29. The van der Waals surface area contributed by atoms with E-state index < -0.39 is 5.97 Å². The number of fused-ring (bicyclic) bond motifs is 2. The largest absolute Gasteiger partial charge is 0.465 e. The third-order valence-electron chi connectivity index (χ3n) is 6.27. The molecule has 6 nitrogen and oxygen atoms in total. The van der Waals surface area contributed by atoms with Gasteiger partial charge in [0.15, 0.2) is 6.61 Å². The van der Waals surface area contributed by atoms with E-state index >= 15 is 0 Å². The Morgan fingerprint density at radius 2 is 1.97 bits per heavy atom. The SMILES string of the molecule is CC1C/C(=C/c2ccco2)c2nc3ccccc3c(C(=O)OCC(=O)N3CCCC3)c2C1. The molecule has 3 heterocycles. The number of carbonyl (C=O) groups excluding carboxylic acids is 2. The predicted molar refractivity (Wildman–Crippen MR) is 122 cm³/mol. The maximum atomic E-state index is 13.3. The van der Waals surface area contributed by atoms with Crippen molar-refractivity contribution in [1.29, 1.82) is 0 Å². The minimum absolute atomic E-state index is 0.130. The van der Waals surface area contributed by atoms with Crippen molar-refractivity contribution in [3.63, 3.8) is 0 Å². The van der Waals surface area contributed by atoms with Crippen LogP contribution in [0.25, 0.3) is 22.6 Å². The first kappa shape index (κ1) is 20.5. The van der Waals surface area contributed by atoms with E-state index in [0.717, 1.165) is 72.3 Å². The molecular formula is C26H26N2O4. The molecule has 0 radical (unpaired) electrons. The van der Waals surface area contributed by atoms with Crippen molar-refractivity contribution in [3.05, 3.63) is 65.2 Å². The average Bonchev–Trinajstić information content (AvgIpc) is 3.50. The van der Waals surface area contributed by atoms with Gasteiger partial charge in [-0.1, -0.05) is 25.1 Å². The maximum absolute atomic E-state index is 13.3. The predicted octanol–water partition coefficient (Wildman–Crippen LogP) is 4.73. The second-order valence-corrected chi connectivity index (χ2v) is 8.69. The first-order chi connectivity index (χ1) is 15.6. The first-order valence-electron chi connectivity index (χ1n) is 11.2. The highest BCUT2D eigenvalue weighted by molar-refractivity contribution is 6.07. The Morgan fingerprint density at radius 1 is 1.16 bits per heavy atom. The number of nitrogens with zero attached hydrogens (tertiary/aromatic N) is 2. The standard InChI is InChI=1S/C26H26N2O4/c1-17-13-18(15-19-7-6-12-31-19)25-21(14-17)24(20-8-2-3-9-22(20)27-25)26(30)32-16-23(29)28-10-4-5-11-28/h2-3,6-9,12,15,17H,4-5,10-11,13-14,16H2,1H3/b18-15-. The van der Waals surface area contributed by atoms with Gasteiger partial charge in [-0.25, -0.2) is 9.78 Å². The van der Waals surface area contributed by atoms with Crippen molar-refractivity contribution < 1.29 is 18.7 Å². The summed E-state index contributed by atoms with van der Waals surface area (Å²) in [6.45, 7) is 3.42. The number of rotatable bonds is 4. The normalized spacial score (nSPS) is 19.3. The van der Waals surface area contributed by atoms with Crippen molar-refractivity contribution in [3.8, 4) is 0 Å². The Kier molecular flexibility index (Phi) is 5.52. The Labute approximate surface area is 186 Å². The zero-order chi connectivity index (χ0) is 22.1. The monoisotopic (exact) mass is 430 g/mol. The number of hydrogen-bond donors (Lipinski definition) is 0. The smallest absolute Gasteiger partial charge is 0.339 e. The van der Waals surface area contributed by atoms with E-state index in [4.69, 9.17) is 14.1 Å². The Balaban J connectivity index is 1.55. The first-order valence-corrected chi connectivity index (χ1v) is 11.2. The van der Waals surface area contributed by atoms with Gasteiger partial charge in [-0.15, -0.1) is 0 Å². The molecule has 0 saturated carbocycles. The second-order valence-electron chi connectivity index (χ2n) is 8.69. The summed E-state index contributed by atoms with van der Waals surface area (Å²) in [5.41, 5.74) is 4.01. The van der Waals surface area contributed by atoms with E-state index in [-0.39, 0.29) is 12.5 Å². The number of amides is 1. The van der Waals surface area contributed by atoms with Gasteiger partial charge in [-0.05, 0) is 67.0 Å². The summed E-state index contributed by atoms with van der Waals surface area (Å²) < 4.78 is 11.1. The van der Waals surface area contributed by atoms with Crippen LogP contribution in [0.1, 0.15) is 53.6 Å². The van der Waals surface area contributed by atoms with Crippen LogP contribution in [0.3, 0.4) is 0 Å². The van der Waals surface area contributed by atoms with Crippen molar-refractivity contribution in [1.82, 2.24) is 9.88 Å². The molecule has 2 aliphatic rings. The van der Waals surface area contributed by atoms with E-state index in [0.29, 0.717) is 11.5 Å². The molecule has 0 spiro atoms. The number of para-hydroxylation sites is 1. The molecule has 1 unspecified atom stereocenters. The van der Waals surface area contributed by atoms with Gasteiger partial charge in [-0.3, -0.25) is 4.79 Å². The summed E-state index contributed by atoms with van der Waals surface area (Å²) in [5.74, 6) is 0.508. The molecule has 1 saturated heterocycles. The molecule has 1 fully saturated rings. The molecule has 6 heteroatoms. The number of ether oxygens (including phenoxy) is 1. The Hall–Kier alpha value is -3.41. The van der Waals surface area contributed by atoms with Crippen LogP contribution >= 0.6 is 0 Å². The third kappa shape index (κ3) is 3.93. The molecule has 1 aliphatic heterocycles. The van der Waals surface area contributed by atoms with Crippen molar-refractivity contribution >= 4 is 34.4 Å². The van der Waals surface area contributed by atoms with Gasteiger partial charge in [0.1, 0.15) is 5.76 Å². The van der Waals surface area contributed by atoms with Gasteiger partial charge in [0.25, 0.3) is 5.91 Å². The van der Waals surface area contributed by atoms with Crippen molar-refractivity contribution in [2.45, 2.75) is 32.6 Å².